The Hall–Kier alpha value is -1.67. The van der Waals surface area contributed by atoms with E-state index in [1.165, 1.54) is 0 Å². The molecule has 4 N–H and O–H groups in total. The Labute approximate surface area is 170 Å². The summed E-state index contributed by atoms with van der Waals surface area (Å²) in [5, 5.41) is 39.0. The average Bonchev–Trinajstić information content (AvgIpc) is 2.99. The Kier molecular flexibility index (Phi) is 4.93. The number of phenolic OH excluding ortho intramolecular Hbond substituents is 1. The highest BCUT2D eigenvalue weighted by Gasteiger charge is 2.72. The molecule has 0 amide bonds. The van der Waals surface area contributed by atoms with Crippen molar-refractivity contribution in [3.63, 3.8) is 0 Å². The van der Waals surface area contributed by atoms with E-state index in [0.29, 0.717) is 31.4 Å². The Balaban J connectivity index is 0.000000255. The van der Waals surface area contributed by atoms with Gasteiger partial charge in [-0.25, -0.2) is 0 Å². The number of aliphatic hydroxyl groups excluding tert-OH is 2. The van der Waals surface area contributed by atoms with E-state index in [1.807, 2.05) is 13.1 Å². The summed E-state index contributed by atoms with van der Waals surface area (Å²) < 4.78 is 5.94. The maximum Gasteiger partial charge on any atom is 0.174 e. The Morgan fingerprint density at radius 3 is 2.55 bits per heavy atom. The van der Waals surface area contributed by atoms with E-state index in [-0.39, 0.29) is 29.8 Å². The minimum absolute atomic E-state index is 0.00319. The molecule has 1 aromatic rings. The van der Waals surface area contributed by atoms with Crippen LogP contribution in [-0.2, 0) is 16.6 Å². The zero-order valence-electron chi connectivity index (χ0n) is 17.3. The Morgan fingerprint density at radius 2 is 1.93 bits per heavy atom. The van der Waals surface area contributed by atoms with Crippen LogP contribution in [0.4, 0.5) is 0 Å². The fraction of sp³-hybridized carbons (Fsp3) is 0.682. The summed E-state index contributed by atoms with van der Waals surface area (Å²) in [6.45, 7) is 4.15. The SMILES string of the molecule is CC(O)CC(C)O.CN1CC[C@]23c4c5ccc(O)c4O[C@H]2C(=O)CC[C@@]3(O)[C@H]1C5. The molecule has 1 saturated carbocycles. The largest absolute Gasteiger partial charge is 0.504 e. The van der Waals surface area contributed by atoms with Crippen molar-refractivity contribution >= 4 is 5.78 Å². The predicted molar refractivity (Wildman–Crippen MR) is 106 cm³/mol. The third kappa shape index (κ3) is 2.82. The summed E-state index contributed by atoms with van der Waals surface area (Å²) in [7, 11) is 2.04. The van der Waals surface area contributed by atoms with E-state index >= 15 is 0 Å². The molecular formula is C22H31NO6. The van der Waals surface area contributed by atoms with Crippen LogP contribution in [0.2, 0.25) is 0 Å². The standard InChI is InChI=1S/C17H19NO4.C5H12O2/c1-18-7-6-16-13-9-2-3-10(19)14(13)22-15(16)11(20)4-5-17(16,21)12(18)8-9;1-4(6)3-5(2)7/h2-3,12,15,19,21H,4-8H2,1H3;4-7H,3H2,1-2H3/t12-,15+,16+,17-;/m1./s1. The van der Waals surface area contributed by atoms with Crippen LogP contribution >= 0.6 is 0 Å². The number of ether oxygens (including phenoxy) is 1. The highest BCUT2D eigenvalue weighted by atomic mass is 16.5. The molecule has 0 aromatic heterocycles. The molecule has 7 heteroatoms. The fourth-order valence-corrected chi connectivity index (χ4v) is 6.03. The lowest BCUT2D eigenvalue weighted by molar-refractivity contribution is -0.185. The fourth-order valence-electron chi connectivity index (χ4n) is 6.03. The average molecular weight is 405 g/mol. The minimum atomic E-state index is -0.954. The molecule has 29 heavy (non-hydrogen) atoms. The van der Waals surface area contributed by atoms with Gasteiger partial charge in [-0.15, -0.1) is 0 Å². The van der Waals surface area contributed by atoms with Crippen LogP contribution in [0, 0.1) is 0 Å². The van der Waals surface area contributed by atoms with Gasteiger partial charge in [-0.3, -0.25) is 4.79 Å². The minimum Gasteiger partial charge on any atom is -0.504 e. The third-order valence-corrected chi connectivity index (χ3v) is 7.21. The second-order valence-electron chi connectivity index (χ2n) is 9.19. The summed E-state index contributed by atoms with van der Waals surface area (Å²) in [4.78, 5) is 14.7. The summed E-state index contributed by atoms with van der Waals surface area (Å²) in [5.74, 6) is 0.561. The van der Waals surface area contributed by atoms with Gasteiger partial charge in [0.15, 0.2) is 23.4 Å². The van der Waals surface area contributed by atoms with Crippen molar-refractivity contribution in [2.24, 2.45) is 0 Å². The Morgan fingerprint density at radius 1 is 1.24 bits per heavy atom. The maximum absolute atomic E-state index is 12.5. The van der Waals surface area contributed by atoms with Gasteiger partial charge in [-0.2, -0.15) is 0 Å². The van der Waals surface area contributed by atoms with E-state index in [2.05, 4.69) is 4.90 Å². The number of likely N-dealkylation sites (N-methyl/N-ethyl adjacent to an activating group) is 1. The molecule has 2 aliphatic heterocycles. The van der Waals surface area contributed by atoms with E-state index < -0.39 is 17.1 Å². The highest BCUT2D eigenvalue weighted by molar-refractivity contribution is 5.90. The summed E-state index contributed by atoms with van der Waals surface area (Å²) in [6, 6.07) is 3.57. The number of carbonyl (C=O) groups excluding carboxylic acids is 1. The lowest BCUT2D eigenvalue weighted by atomic mass is 9.49. The normalized spacial score (nSPS) is 36.4. The number of hydrogen-bond acceptors (Lipinski definition) is 7. The molecule has 5 rings (SSSR count). The van der Waals surface area contributed by atoms with E-state index in [1.54, 1.807) is 19.9 Å². The van der Waals surface area contributed by atoms with Crippen molar-refractivity contribution in [3.8, 4) is 11.5 Å². The molecular weight excluding hydrogens is 374 g/mol. The molecule has 1 saturated heterocycles. The van der Waals surface area contributed by atoms with Crippen LogP contribution in [0.5, 0.6) is 11.5 Å². The van der Waals surface area contributed by atoms with Crippen molar-refractivity contribution in [2.75, 3.05) is 13.6 Å². The molecule has 2 heterocycles. The van der Waals surface area contributed by atoms with E-state index in [9.17, 15) is 15.0 Å². The van der Waals surface area contributed by atoms with Crippen molar-refractivity contribution in [3.05, 3.63) is 23.3 Å². The molecule has 2 fully saturated rings. The maximum atomic E-state index is 12.5. The molecule has 1 aromatic carbocycles. The van der Waals surface area contributed by atoms with Crippen molar-refractivity contribution in [2.45, 2.75) is 81.3 Å². The molecule has 160 valence electrons. The topological polar surface area (TPSA) is 110 Å². The van der Waals surface area contributed by atoms with Gasteiger partial charge in [0.1, 0.15) is 0 Å². The number of rotatable bonds is 2. The number of aliphatic hydroxyl groups is 3. The van der Waals surface area contributed by atoms with Gasteiger partial charge in [0.2, 0.25) is 0 Å². The molecule has 6 atom stereocenters. The first-order valence-corrected chi connectivity index (χ1v) is 10.4. The van der Waals surface area contributed by atoms with Crippen LogP contribution < -0.4 is 4.74 Å². The molecule has 0 radical (unpaired) electrons. The van der Waals surface area contributed by atoms with Gasteiger partial charge >= 0.3 is 0 Å². The first-order chi connectivity index (χ1) is 13.6. The van der Waals surface area contributed by atoms with Gasteiger partial charge in [0.25, 0.3) is 0 Å². The lowest BCUT2D eigenvalue weighted by Crippen LogP contribution is -2.76. The number of likely N-dealkylation sites (tertiary alicyclic amines) is 1. The summed E-state index contributed by atoms with van der Waals surface area (Å²) >= 11 is 0. The number of carbonyl (C=O) groups is 1. The van der Waals surface area contributed by atoms with Crippen LogP contribution in [0.3, 0.4) is 0 Å². The summed E-state index contributed by atoms with van der Waals surface area (Å²) in [5.41, 5.74) is 0.370. The number of aromatic hydroxyl groups is 1. The lowest BCUT2D eigenvalue weighted by Gasteiger charge is -2.61. The number of piperidine rings is 1. The number of benzene rings is 1. The highest BCUT2D eigenvalue weighted by Crippen LogP contribution is 2.64. The zero-order chi connectivity index (χ0) is 21.1. The first kappa shape index (κ1) is 20.6. The van der Waals surface area contributed by atoms with Crippen molar-refractivity contribution < 1.29 is 30.0 Å². The van der Waals surface area contributed by atoms with Gasteiger partial charge in [0, 0.05) is 18.0 Å². The number of Topliss-reactive ketones (excluding diaryl/α,β-unsaturated/α-hetero) is 1. The second kappa shape index (κ2) is 6.94. The van der Waals surface area contributed by atoms with Crippen LogP contribution in [0.1, 0.15) is 50.7 Å². The van der Waals surface area contributed by atoms with Gasteiger partial charge in [-0.1, -0.05) is 6.07 Å². The van der Waals surface area contributed by atoms with Crippen LogP contribution in [0.25, 0.3) is 0 Å². The van der Waals surface area contributed by atoms with Crippen molar-refractivity contribution in [1.29, 1.82) is 0 Å². The quantitative estimate of drug-likeness (QED) is 0.578. The molecule has 2 unspecified atom stereocenters. The molecule has 4 aliphatic rings. The number of phenols is 1. The predicted octanol–water partition coefficient (Wildman–Crippen LogP) is 0.883. The van der Waals surface area contributed by atoms with E-state index in [0.717, 1.165) is 24.1 Å². The van der Waals surface area contributed by atoms with Crippen molar-refractivity contribution in [1.82, 2.24) is 4.90 Å². The Bertz CT molecular complexity index is 818. The molecule has 7 nitrogen and oxygen atoms in total. The molecule has 2 bridgehead atoms. The smallest absolute Gasteiger partial charge is 0.174 e. The monoisotopic (exact) mass is 405 g/mol. The molecule has 2 aliphatic carbocycles. The number of ketones is 1. The van der Waals surface area contributed by atoms with Crippen LogP contribution in [0.15, 0.2) is 12.1 Å². The second-order valence-corrected chi connectivity index (χ2v) is 9.19. The third-order valence-electron chi connectivity index (χ3n) is 7.21. The first-order valence-electron chi connectivity index (χ1n) is 10.4. The number of nitrogens with zero attached hydrogens (tertiary/aromatic N) is 1. The zero-order valence-corrected chi connectivity index (χ0v) is 17.3. The van der Waals surface area contributed by atoms with Gasteiger partial charge in [0.05, 0.1) is 23.2 Å². The van der Waals surface area contributed by atoms with E-state index in [4.69, 9.17) is 14.9 Å². The van der Waals surface area contributed by atoms with Gasteiger partial charge in [-0.05, 0) is 64.8 Å². The molecule has 1 spiro atoms. The van der Waals surface area contributed by atoms with Crippen LogP contribution in [-0.4, -0.2) is 74.7 Å². The summed E-state index contributed by atoms with van der Waals surface area (Å²) in [6.07, 6.45) is 1.33. The van der Waals surface area contributed by atoms with Gasteiger partial charge < -0.3 is 30.1 Å². The number of hydrogen-bond donors (Lipinski definition) is 4.